The average Bonchev–Trinajstić information content (AvgIpc) is 3.00. The van der Waals surface area contributed by atoms with Crippen molar-refractivity contribution in [2.75, 3.05) is 0 Å². The number of fused-ring (bicyclic) bond motifs is 5. The predicted octanol–water partition coefficient (Wildman–Crippen LogP) is 2.88. The van der Waals surface area contributed by atoms with Crippen LogP contribution in [0.2, 0.25) is 0 Å². The summed E-state index contributed by atoms with van der Waals surface area (Å²) in [7, 11) is 0. The Morgan fingerprint density at radius 3 is 2.67 bits per heavy atom. The van der Waals surface area contributed by atoms with E-state index in [4.69, 9.17) is 9.15 Å². The van der Waals surface area contributed by atoms with Gasteiger partial charge in [0.15, 0.2) is 0 Å². The van der Waals surface area contributed by atoms with Gasteiger partial charge in [-0.25, -0.2) is 4.79 Å². The molecule has 4 aliphatic rings. The topological polar surface area (TPSA) is 114 Å². The summed E-state index contributed by atoms with van der Waals surface area (Å²) in [6.45, 7) is 3.41. The molecule has 0 unspecified atom stereocenters. The third kappa shape index (κ3) is 3.12. The second-order valence-corrected chi connectivity index (χ2v) is 10.8. The van der Waals surface area contributed by atoms with Crippen LogP contribution in [-0.2, 0) is 14.3 Å². The molecule has 8 atom stereocenters. The van der Waals surface area contributed by atoms with Crippen molar-refractivity contribution < 1.29 is 29.0 Å². The number of carbonyl (C=O) groups excluding carboxylic acids is 2. The van der Waals surface area contributed by atoms with E-state index in [1.165, 1.54) is 19.3 Å². The van der Waals surface area contributed by atoms with Crippen molar-refractivity contribution in [3.05, 3.63) is 46.0 Å². The predicted molar refractivity (Wildman–Crippen MR) is 118 cm³/mol. The molecule has 1 aromatic rings. The SMILES string of the molecule is CC(=O)O[C@H]1C[C@]2(O)[C@@H]3CCC4=C[C@@H](O)CC[C@]4(C=O)[C@H]3CC[C@]2(C)[C@H]1c1ccc(=O)oc1. The molecule has 0 amide bonds. The molecule has 4 aliphatic carbocycles. The molecule has 3 fully saturated rings. The van der Waals surface area contributed by atoms with Crippen molar-refractivity contribution in [2.45, 2.75) is 82.5 Å². The number of carbonyl (C=O) groups is 2. The minimum Gasteiger partial charge on any atom is -0.462 e. The van der Waals surface area contributed by atoms with Crippen LogP contribution in [0.15, 0.2) is 39.3 Å². The average molecular weight is 457 g/mol. The van der Waals surface area contributed by atoms with E-state index in [0.717, 1.165) is 23.8 Å². The van der Waals surface area contributed by atoms with Crippen molar-refractivity contribution in [2.24, 2.45) is 22.7 Å². The molecule has 178 valence electrons. The summed E-state index contributed by atoms with van der Waals surface area (Å²) in [4.78, 5) is 36.1. The molecule has 5 rings (SSSR count). The molecule has 0 bridgehead atoms. The Morgan fingerprint density at radius 2 is 2.00 bits per heavy atom. The van der Waals surface area contributed by atoms with Gasteiger partial charge in [0.25, 0.3) is 0 Å². The fraction of sp³-hybridized carbons (Fsp3) is 0.654. The molecule has 33 heavy (non-hydrogen) atoms. The maximum absolute atomic E-state index is 12.6. The lowest BCUT2D eigenvalue weighted by Gasteiger charge is -2.60. The molecule has 0 aromatic carbocycles. The number of hydrogen-bond acceptors (Lipinski definition) is 7. The fourth-order valence-corrected chi connectivity index (χ4v) is 8.07. The molecular weight excluding hydrogens is 424 g/mol. The van der Waals surface area contributed by atoms with E-state index >= 15 is 0 Å². The lowest BCUT2D eigenvalue weighted by Crippen LogP contribution is -2.61. The van der Waals surface area contributed by atoms with Gasteiger partial charge in [0.1, 0.15) is 12.4 Å². The summed E-state index contributed by atoms with van der Waals surface area (Å²) < 4.78 is 10.9. The Hall–Kier alpha value is -2.25. The minimum atomic E-state index is -1.14. The first-order chi connectivity index (χ1) is 15.6. The highest BCUT2D eigenvalue weighted by Gasteiger charge is 2.70. The molecule has 7 nitrogen and oxygen atoms in total. The summed E-state index contributed by atoms with van der Waals surface area (Å²) in [6, 6.07) is 3.06. The second kappa shape index (κ2) is 7.64. The van der Waals surface area contributed by atoms with E-state index in [1.807, 2.05) is 13.0 Å². The van der Waals surface area contributed by atoms with Crippen LogP contribution in [0.3, 0.4) is 0 Å². The number of allylic oxidation sites excluding steroid dienone is 1. The van der Waals surface area contributed by atoms with Gasteiger partial charge in [-0.05, 0) is 62.0 Å². The Bertz CT molecular complexity index is 1040. The Labute approximate surface area is 192 Å². The van der Waals surface area contributed by atoms with Crippen LogP contribution in [0.5, 0.6) is 0 Å². The highest BCUT2D eigenvalue weighted by Crippen LogP contribution is 2.70. The van der Waals surface area contributed by atoms with Gasteiger partial charge in [0.2, 0.25) is 0 Å². The van der Waals surface area contributed by atoms with Crippen LogP contribution in [0.4, 0.5) is 0 Å². The smallest absolute Gasteiger partial charge is 0.335 e. The van der Waals surface area contributed by atoms with Crippen LogP contribution in [0.1, 0.15) is 70.3 Å². The third-order valence-electron chi connectivity index (χ3n) is 9.47. The Kier molecular flexibility index (Phi) is 5.21. The first-order valence-corrected chi connectivity index (χ1v) is 12.0. The van der Waals surface area contributed by atoms with E-state index in [-0.39, 0.29) is 24.2 Å². The normalized spacial score (nSPS) is 44.1. The lowest BCUT2D eigenvalue weighted by atomic mass is 9.45. The van der Waals surface area contributed by atoms with Gasteiger partial charge >= 0.3 is 11.6 Å². The standard InChI is InChI=1S/C26H32O7/c1-15(28)33-21-12-26(31)20-5-4-17-11-18(29)7-10-25(17,14-27)19(20)8-9-24(26,2)23(21)16-3-6-22(30)32-13-16/h3,6,11,13-14,18-21,23,29,31H,4-5,7-10,12H2,1-2H3/t18-,19-,20+,21-,23-,24+,25+,26-/m0/s1. The summed E-state index contributed by atoms with van der Waals surface area (Å²) >= 11 is 0. The van der Waals surface area contributed by atoms with Gasteiger partial charge in [-0.3, -0.25) is 4.79 Å². The van der Waals surface area contributed by atoms with Gasteiger partial charge < -0.3 is 24.2 Å². The van der Waals surface area contributed by atoms with Crippen LogP contribution >= 0.6 is 0 Å². The number of ether oxygens (including phenoxy) is 1. The zero-order chi connectivity index (χ0) is 23.6. The maximum atomic E-state index is 12.6. The van der Waals surface area contributed by atoms with Gasteiger partial charge in [-0.1, -0.05) is 18.6 Å². The monoisotopic (exact) mass is 456 g/mol. The molecule has 0 radical (unpaired) electrons. The van der Waals surface area contributed by atoms with Gasteiger partial charge in [0.05, 0.1) is 23.4 Å². The third-order valence-corrected chi connectivity index (χ3v) is 9.47. The van der Waals surface area contributed by atoms with Crippen LogP contribution in [0.25, 0.3) is 0 Å². The van der Waals surface area contributed by atoms with Crippen LogP contribution < -0.4 is 5.63 Å². The summed E-state index contributed by atoms with van der Waals surface area (Å²) in [5, 5.41) is 22.6. The van der Waals surface area contributed by atoms with Crippen LogP contribution in [0, 0.1) is 22.7 Å². The van der Waals surface area contributed by atoms with Crippen molar-refractivity contribution in [1.82, 2.24) is 0 Å². The van der Waals surface area contributed by atoms with Gasteiger partial charge in [0, 0.05) is 30.7 Å². The molecule has 0 spiro atoms. The molecule has 2 N–H and O–H groups in total. The Morgan fingerprint density at radius 1 is 1.21 bits per heavy atom. The number of aldehydes is 1. The molecule has 1 heterocycles. The molecule has 1 aromatic heterocycles. The Balaban J connectivity index is 1.59. The van der Waals surface area contributed by atoms with Gasteiger partial charge in [-0.2, -0.15) is 0 Å². The maximum Gasteiger partial charge on any atom is 0.335 e. The first-order valence-electron chi connectivity index (χ1n) is 12.0. The van der Waals surface area contributed by atoms with Crippen molar-refractivity contribution in [3.63, 3.8) is 0 Å². The van der Waals surface area contributed by atoms with E-state index in [0.29, 0.717) is 32.1 Å². The molecule has 7 heteroatoms. The van der Waals surface area contributed by atoms with E-state index < -0.39 is 40.2 Å². The van der Waals surface area contributed by atoms with Crippen LogP contribution in [-0.4, -0.2) is 40.3 Å². The first kappa shape index (κ1) is 22.5. The quantitative estimate of drug-likeness (QED) is 0.408. The molecule has 0 saturated heterocycles. The lowest BCUT2D eigenvalue weighted by molar-refractivity contribution is -0.180. The zero-order valence-electron chi connectivity index (χ0n) is 19.2. The highest BCUT2D eigenvalue weighted by molar-refractivity contribution is 5.68. The summed E-state index contributed by atoms with van der Waals surface area (Å²) in [5.74, 6) is -0.892. The van der Waals surface area contributed by atoms with Crippen molar-refractivity contribution >= 4 is 12.3 Å². The number of aliphatic hydroxyl groups excluding tert-OH is 1. The van der Waals surface area contributed by atoms with Gasteiger partial charge in [-0.15, -0.1) is 0 Å². The molecular formula is C26H32O7. The summed E-state index contributed by atoms with van der Waals surface area (Å²) in [5.41, 5.74) is -1.11. The number of aliphatic hydroxyl groups is 2. The van der Waals surface area contributed by atoms with Crippen molar-refractivity contribution in [1.29, 1.82) is 0 Å². The van der Waals surface area contributed by atoms with Crippen molar-refractivity contribution in [3.8, 4) is 0 Å². The minimum absolute atomic E-state index is 0.0222. The number of esters is 1. The zero-order valence-corrected chi connectivity index (χ0v) is 19.2. The summed E-state index contributed by atoms with van der Waals surface area (Å²) in [6.07, 6.45) is 7.49. The highest BCUT2D eigenvalue weighted by atomic mass is 16.5. The second-order valence-electron chi connectivity index (χ2n) is 10.8. The van der Waals surface area contributed by atoms with E-state index in [2.05, 4.69) is 0 Å². The number of rotatable bonds is 3. The van der Waals surface area contributed by atoms with E-state index in [1.54, 1.807) is 6.07 Å². The molecule has 3 saturated carbocycles. The fourth-order valence-electron chi connectivity index (χ4n) is 8.07. The number of hydrogen-bond donors (Lipinski definition) is 2. The molecule has 0 aliphatic heterocycles. The largest absolute Gasteiger partial charge is 0.462 e. The van der Waals surface area contributed by atoms with E-state index in [9.17, 15) is 24.6 Å².